The van der Waals surface area contributed by atoms with Gasteiger partial charge in [-0.1, -0.05) is 48.5 Å². The molecule has 0 heterocycles. The van der Waals surface area contributed by atoms with E-state index in [0.29, 0.717) is 10.8 Å². The van der Waals surface area contributed by atoms with Gasteiger partial charge in [0.2, 0.25) is 0 Å². The highest BCUT2D eigenvalue weighted by atomic mass is 31.0. The summed E-state index contributed by atoms with van der Waals surface area (Å²) in [4.78, 5) is 0. The van der Waals surface area contributed by atoms with Gasteiger partial charge >= 0.3 is 0 Å². The van der Waals surface area contributed by atoms with Crippen molar-refractivity contribution in [3.05, 3.63) is 59.7 Å². The van der Waals surface area contributed by atoms with Gasteiger partial charge in [-0.05, 0) is 146 Å². The van der Waals surface area contributed by atoms with Crippen molar-refractivity contribution in [1.82, 2.24) is 0 Å². The molecule has 174 valence electrons. The Morgan fingerprint density at radius 3 is 1.42 bits per heavy atom. The lowest BCUT2D eigenvalue weighted by molar-refractivity contribution is -0.0172. The molecule has 2 aromatic carbocycles. The molecule has 8 saturated carbocycles. The molecule has 1 unspecified atom stereocenters. The lowest BCUT2D eigenvalue weighted by Gasteiger charge is -2.61. The zero-order valence-corrected chi connectivity index (χ0v) is 21.7. The lowest BCUT2D eigenvalue weighted by Crippen LogP contribution is -2.52. The number of rotatable bonds is 3. The van der Waals surface area contributed by atoms with E-state index in [1.54, 1.807) is 44.1 Å². The summed E-state index contributed by atoms with van der Waals surface area (Å²) in [6.45, 7) is 0. The van der Waals surface area contributed by atoms with E-state index in [4.69, 9.17) is 0 Å². The Hall–Kier alpha value is -1.13. The van der Waals surface area contributed by atoms with Crippen LogP contribution in [0, 0.1) is 35.5 Å². The Morgan fingerprint density at radius 2 is 0.939 bits per heavy atom. The second-order valence-corrected chi connectivity index (χ2v) is 13.5. The minimum absolute atomic E-state index is 0. The maximum Gasteiger partial charge on any atom is -0.00300 e. The molecule has 1 atom stereocenters. The zero-order valence-electron chi connectivity index (χ0n) is 20.3. The monoisotopic (exact) mass is 456 g/mol. The van der Waals surface area contributed by atoms with Gasteiger partial charge in [0.15, 0.2) is 0 Å². The fourth-order valence-electron chi connectivity index (χ4n) is 11.3. The maximum absolute atomic E-state index is 2.65. The topological polar surface area (TPSA) is 0 Å². The molecule has 8 bridgehead atoms. The maximum atomic E-state index is 2.65. The average Bonchev–Trinajstić information content (AvgIpc) is 2.77. The van der Waals surface area contributed by atoms with Crippen molar-refractivity contribution in [1.29, 1.82) is 0 Å². The Labute approximate surface area is 204 Å². The SMILES string of the molecule is P.c1ccc(-c2cccc(C34CC5CC(CC(C5)C3)C4)c2C23CC4CC(CC(C4)C2)C3)cc1. The van der Waals surface area contributed by atoms with E-state index in [9.17, 15) is 0 Å². The highest BCUT2D eigenvalue weighted by molar-refractivity contribution is 6.92. The van der Waals surface area contributed by atoms with Gasteiger partial charge in [-0.2, -0.15) is 9.90 Å². The third kappa shape index (κ3) is 3.12. The summed E-state index contributed by atoms with van der Waals surface area (Å²) < 4.78 is 0. The first-order valence-electron chi connectivity index (χ1n) is 13.9. The van der Waals surface area contributed by atoms with Crippen LogP contribution in [0.3, 0.4) is 0 Å². The van der Waals surface area contributed by atoms with Crippen molar-refractivity contribution < 1.29 is 0 Å². The standard InChI is InChI=1S/C32H38.H3P/c1-2-5-27(6-3-1)28-7-4-8-29(31-15-21-9-22(16-31)11-23(10-21)17-31)30(28)32-18-24-12-25(19-32)14-26(13-24)20-32;/h1-8,21-26H,9-20H2;1H3. The molecule has 33 heavy (non-hydrogen) atoms. The molecule has 8 aliphatic rings. The van der Waals surface area contributed by atoms with Crippen LogP contribution in [-0.4, -0.2) is 0 Å². The van der Waals surface area contributed by atoms with Gasteiger partial charge in [0.1, 0.15) is 0 Å². The van der Waals surface area contributed by atoms with Crippen LogP contribution in [0.25, 0.3) is 11.1 Å². The van der Waals surface area contributed by atoms with Crippen LogP contribution < -0.4 is 0 Å². The van der Waals surface area contributed by atoms with Gasteiger partial charge in [0.05, 0.1) is 0 Å². The highest BCUT2D eigenvalue weighted by Gasteiger charge is 2.57. The predicted molar refractivity (Wildman–Crippen MR) is 143 cm³/mol. The molecular formula is C32H41P. The van der Waals surface area contributed by atoms with Crippen molar-refractivity contribution in [3.8, 4) is 11.1 Å². The van der Waals surface area contributed by atoms with E-state index in [1.165, 1.54) is 44.1 Å². The quantitative estimate of drug-likeness (QED) is 0.407. The molecule has 1 heteroatoms. The van der Waals surface area contributed by atoms with E-state index in [-0.39, 0.29) is 9.90 Å². The van der Waals surface area contributed by atoms with Crippen molar-refractivity contribution in [2.24, 2.45) is 35.5 Å². The van der Waals surface area contributed by atoms with E-state index in [2.05, 4.69) is 48.5 Å². The summed E-state index contributed by atoms with van der Waals surface area (Å²) in [7, 11) is 0. The summed E-state index contributed by atoms with van der Waals surface area (Å²) in [5.41, 5.74) is 7.77. The molecule has 0 spiro atoms. The average molecular weight is 457 g/mol. The van der Waals surface area contributed by atoms with Crippen LogP contribution in [0.2, 0.25) is 0 Å². The highest BCUT2D eigenvalue weighted by Crippen LogP contribution is 2.66. The minimum Gasteiger partial charge on any atom is -0.153 e. The predicted octanol–water partition coefficient (Wildman–Crippen LogP) is 8.35. The summed E-state index contributed by atoms with van der Waals surface area (Å²) in [6.07, 6.45) is 18.2. The van der Waals surface area contributed by atoms with Crippen LogP contribution in [0.1, 0.15) is 88.2 Å². The van der Waals surface area contributed by atoms with Crippen LogP contribution in [-0.2, 0) is 10.8 Å². The molecule has 0 radical (unpaired) electrons. The molecule has 8 fully saturated rings. The van der Waals surface area contributed by atoms with Gasteiger partial charge in [0, 0.05) is 0 Å². The summed E-state index contributed by atoms with van der Waals surface area (Å²) in [5.74, 6) is 6.08. The molecule has 2 aromatic rings. The minimum atomic E-state index is 0. The second-order valence-electron chi connectivity index (χ2n) is 13.5. The lowest BCUT2D eigenvalue weighted by atomic mass is 9.43. The fraction of sp³-hybridized carbons (Fsp3) is 0.625. The largest absolute Gasteiger partial charge is 0.153 e. The van der Waals surface area contributed by atoms with Crippen LogP contribution >= 0.6 is 9.90 Å². The van der Waals surface area contributed by atoms with Crippen LogP contribution in [0.15, 0.2) is 48.5 Å². The van der Waals surface area contributed by atoms with E-state index < -0.39 is 0 Å². The van der Waals surface area contributed by atoms with Gasteiger partial charge < -0.3 is 0 Å². The first kappa shape index (κ1) is 21.2. The molecule has 0 N–H and O–H groups in total. The first-order valence-corrected chi connectivity index (χ1v) is 13.9. The molecule has 10 rings (SSSR count). The Balaban J connectivity index is 0.00000190. The van der Waals surface area contributed by atoms with Gasteiger partial charge in [-0.3, -0.25) is 0 Å². The molecule has 0 aromatic heterocycles. The first-order chi connectivity index (χ1) is 15.7. The van der Waals surface area contributed by atoms with Crippen molar-refractivity contribution >= 4 is 9.90 Å². The Kier molecular flexibility index (Phi) is 4.77. The molecule has 8 aliphatic carbocycles. The zero-order chi connectivity index (χ0) is 20.9. The number of benzene rings is 2. The van der Waals surface area contributed by atoms with E-state index >= 15 is 0 Å². The summed E-state index contributed by atoms with van der Waals surface area (Å²) in [5, 5.41) is 0. The third-order valence-corrected chi connectivity index (χ3v) is 11.3. The van der Waals surface area contributed by atoms with E-state index in [0.717, 1.165) is 35.5 Å². The summed E-state index contributed by atoms with van der Waals surface area (Å²) in [6, 6.07) is 19.1. The Morgan fingerprint density at radius 1 is 0.485 bits per heavy atom. The van der Waals surface area contributed by atoms with Gasteiger partial charge in [-0.25, -0.2) is 0 Å². The fourth-order valence-corrected chi connectivity index (χ4v) is 11.3. The molecule has 0 aliphatic heterocycles. The van der Waals surface area contributed by atoms with Gasteiger partial charge in [-0.15, -0.1) is 0 Å². The molecule has 0 amide bonds. The number of hydrogen-bond donors (Lipinski definition) is 0. The molecule has 0 nitrogen and oxygen atoms in total. The van der Waals surface area contributed by atoms with Gasteiger partial charge in [0.25, 0.3) is 0 Å². The third-order valence-electron chi connectivity index (χ3n) is 11.3. The van der Waals surface area contributed by atoms with E-state index in [1.807, 2.05) is 11.1 Å². The van der Waals surface area contributed by atoms with Crippen LogP contribution in [0.4, 0.5) is 0 Å². The van der Waals surface area contributed by atoms with Crippen molar-refractivity contribution in [2.45, 2.75) is 87.9 Å². The molecule has 0 saturated heterocycles. The normalized spacial score (nSPS) is 44.1. The smallest absolute Gasteiger partial charge is 0.00300 e. The Bertz CT molecular complexity index is 979. The number of hydrogen-bond acceptors (Lipinski definition) is 0. The second kappa shape index (κ2) is 7.43. The molecular weight excluding hydrogens is 415 g/mol. The summed E-state index contributed by atoms with van der Waals surface area (Å²) >= 11 is 0. The van der Waals surface area contributed by atoms with Crippen molar-refractivity contribution in [2.75, 3.05) is 0 Å². The van der Waals surface area contributed by atoms with Crippen LogP contribution in [0.5, 0.6) is 0 Å². The van der Waals surface area contributed by atoms with Crippen molar-refractivity contribution in [3.63, 3.8) is 0 Å².